The highest BCUT2D eigenvalue weighted by Crippen LogP contribution is 2.60. The summed E-state index contributed by atoms with van der Waals surface area (Å²) >= 11 is 6.98. The third-order valence-corrected chi connectivity index (χ3v) is 8.77. The number of hydrogen-bond acceptors (Lipinski definition) is 13. The van der Waals surface area contributed by atoms with E-state index in [9.17, 15) is 14.7 Å². The highest BCUT2D eigenvalue weighted by molar-refractivity contribution is 9.11. The number of hydrogen-bond donors (Lipinski definition) is 2. The van der Waals surface area contributed by atoms with Crippen LogP contribution >= 0.6 is 31.9 Å². The number of nitrogens with one attached hydrogen (secondary N) is 1. The predicted molar refractivity (Wildman–Crippen MR) is 182 cm³/mol. The van der Waals surface area contributed by atoms with E-state index in [1.165, 1.54) is 20.4 Å². The summed E-state index contributed by atoms with van der Waals surface area (Å²) in [6, 6.07) is 8.83. The Kier molecular flexibility index (Phi) is 12.4. The predicted octanol–water partition coefficient (Wildman–Crippen LogP) is 5.23. The van der Waals surface area contributed by atoms with Gasteiger partial charge in [0.05, 0.1) is 73.0 Å². The van der Waals surface area contributed by atoms with Gasteiger partial charge in [0, 0.05) is 17.5 Å². The Labute approximate surface area is 298 Å². The maximum absolute atomic E-state index is 14.2. The van der Waals surface area contributed by atoms with Crippen molar-refractivity contribution in [3.63, 3.8) is 0 Å². The van der Waals surface area contributed by atoms with Crippen LogP contribution < -0.4 is 33.7 Å². The molecule has 0 spiro atoms. The molecule has 0 saturated carbocycles. The first-order valence-corrected chi connectivity index (χ1v) is 16.7. The van der Waals surface area contributed by atoms with Crippen LogP contribution in [-0.4, -0.2) is 83.5 Å². The van der Waals surface area contributed by atoms with E-state index >= 15 is 0 Å². The molecule has 5 rings (SSSR count). The number of carbonyl (C=O) groups excluding carboxylic acids is 2. The summed E-state index contributed by atoms with van der Waals surface area (Å²) in [6.07, 6.45) is 1.84. The number of ether oxygens (including phenoxy) is 8. The van der Waals surface area contributed by atoms with E-state index in [0.717, 1.165) is 5.56 Å². The van der Waals surface area contributed by atoms with Gasteiger partial charge < -0.3 is 53.2 Å². The number of fused-ring (bicyclic) bond motifs is 2. The van der Waals surface area contributed by atoms with E-state index < -0.39 is 24.5 Å². The van der Waals surface area contributed by atoms with Crippen molar-refractivity contribution in [2.75, 3.05) is 54.2 Å². The normalized spacial score (nSPS) is 13.3. The molecular weight excluding hydrogens is 776 g/mol. The SMILES string of the molecule is CCOC(=O)c1c(Br)c(OC)c2c(c1-c1c3c(c(OC)c(Br)c1C(=O)NC(/C=N/OCCCOCc1ccccc1)CO)OCO3)OCO2. The fourth-order valence-electron chi connectivity index (χ4n) is 5.12. The van der Waals surface area contributed by atoms with Crippen LogP contribution in [0.2, 0.25) is 0 Å². The van der Waals surface area contributed by atoms with Gasteiger partial charge in [0.25, 0.3) is 5.91 Å². The number of esters is 1. The summed E-state index contributed by atoms with van der Waals surface area (Å²) in [5, 5.41) is 16.8. The summed E-state index contributed by atoms with van der Waals surface area (Å²) < 4.78 is 45.8. The highest BCUT2D eigenvalue weighted by atomic mass is 79.9. The lowest BCUT2D eigenvalue weighted by Gasteiger charge is -2.22. The van der Waals surface area contributed by atoms with Crippen molar-refractivity contribution in [2.24, 2.45) is 5.16 Å². The van der Waals surface area contributed by atoms with Gasteiger partial charge in [-0.3, -0.25) is 4.79 Å². The van der Waals surface area contributed by atoms with Crippen LogP contribution in [0.3, 0.4) is 0 Å². The molecule has 14 nitrogen and oxygen atoms in total. The Morgan fingerprint density at radius 2 is 1.51 bits per heavy atom. The van der Waals surface area contributed by atoms with Gasteiger partial charge in [0.15, 0.2) is 23.0 Å². The van der Waals surface area contributed by atoms with Crippen molar-refractivity contribution in [1.29, 1.82) is 0 Å². The molecule has 3 aromatic carbocycles. The number of rotatable bonds is 16. The molecule has 2 N–H and O–H groups in total. The molecule has 2 aliphatic rings. The average molecular weight is 810 g/mol. The van der Waals surface area contributed by atoms with Crippen molar-refractivity contribution in [3.05, 3.63) is 56.0 Å². The number of benzene rings is 3. The Balaban J connectivity index is 1.45. The minimum Gasteiger partial charge on any atom is -0.492 e. The third kappa shape index (κ3) is 7.66. The molecule has 1 unspecified atom stereocenters. The molecule has 16 heteroatoms. The first kappa shape index (κ1) is 36.0. The van der Waals surface area contributed by atoms with Crippen LogP contribution in [0.4, 0.5) is 0 Å². The Bertz CT molecular complexity index is 1700. The van der Waals surface area contributed by atoms with Crippen LogP contribution in [0.5, 0.6) is 34.5 Å². The summed E-state index contributed by atoms with van der Waals surface area (Å²) in [6.45, 7) is 2.00. The van der Waals surface area contributed by atoms with Crippen LogP contribution in [0.15, 0.2) is 44.4 Å². The second-order valence-electron chi connectivity index (χ2n) is 10.3. The standard InChI is InChI=1S/C33H34Br2N2O12/c1-4-44-33(40)23-21(27-31(48-17-46-27)29(42-3)25(23)35)20-22(24(34)28(41-2)30-26(20)45-16-47-30)32(39)37-19(14-38)13-36-49-12-8-11-43-15-18-9-6-5-7-10-18/h5-7,9-10,13,19,38H,4,8,11-12,14-17H2,1-3H3,(H,37,39)/b36-13+. The van der Waals surface area contributed by atoms with Crippen molar-refractivity contribution >= 4 is 50.0 Å². The van der Waals surface area contributed by atoms with Crippen molar-refractivity contribution < 1.29 is 57.4 Å². The zero-order chi connectivity index (χ0) is 34.9. The number of aliphatic hydroxyl groups excluding tert-OH is 1. The molecule has 2 heterocycles. The summed E-state index contributed by atoms with van der Waals surface area (Å²) in [5.41, 5.74) is 1.23. The molecule has 2 aliphatic heterocycles. The molecule has 1 amide bonds. The van der Waals surface area contributed by atoms with Crippen LogP contribution in [0.25, 0.3) is 11.1 Å². The number of carbonyl (C=O) groups is 2. The molecule has 1 atom stereocenters. The van der Waals surface area contributed by atoms with Gasteiger partial charge in [0.1, 0.15) is 6.61 Å². The molecule has 3 aromatic rings. The van der Waals surface area contributed by atoms with Crippen molar-refractivity contribution in [1.82, 2.24) is 5.32 Å². The molecule has 0 bridgehead atoms. The third-order valence-electron chi connectivity index (χ3n) is 7.26. The number of oxime groups is 1. The summed E-state index contributed by atoms with van der Waals surface area (Å²) in [4.78, 5) is 33.1. The summed E-state index contributed by atoms with van der Waals surface area (Å²) in [5.74, 6) is -0.532. The first-order valence-electron chi connectivity index (χ1n) is 15.1. The fraction of sp³-hybridized carbons (Fsp3) is 0.364. The number of halogens is 2. The van der Waals surface area contributed by atoms with Gasteiger partial charge in [-0.05, 0) is 44.3 Å². The number of amides is 1. The maximum Gasteiger partial charge on any atom is 0.340 e. The van der Waals surface area contributed by atoms with Gasteiger partial charge in [-0.25, -0.2) is 4.79 Å². The second-order valence-corrected chi connectivity index (χ2v) is 11.9. The van der Waals surface area contributed by atoms with Crippen LogP contribution in [0, 0.1) is 0 Å². The molecule has 49 heavy (non-hydrogen) atoms. The zero-order valence-corrected chi connectivity index (χ0v) is 30.0. The number of aliphatic hydroxyl groups is 1. The lowest BCUT2D eigenvalue weighted by atomic mass is 9.91. The van der Waals surface area contributed by atoms with E-state index in [1.807, 2.05) is 30.3 Å². The van der Waals surface area contributed by atoms with E-state index in [0.29, 0.717) is 19.6 Å². The highest BCUT2D eigenvalue weighted by Gasteiger charge is 2.41. The second kappa shape index (κ2) is 16.9. The van der Waals surface area contributed by atoms with Gasteiger partial charge in [0.2, 0.25) is 25.1 Å². The molecule has 0 saturated heterocycles. The van der Waals surface area contributed by atoms with Crippen LogP contribution in [0.1, 0.15) is 39.6 Å². The zero-order valence-electron chi connectivity index (χ0n) is 26.8. The van der Waals surface area contributed by atoms with Gasteiger partial charge in [-0.15, -0.1) is 0 Å². The van der Waals surface area contributed by atoms with Crippen LogP contribution in [-0.2, 0) is 20.9 Å². The van der Waals surface area contributed by atoms with Crippen molar-refractivity contribution in [3.8, 4) is 45.6 Å². The number of nitrogens with zero attached hydrogens (tertiary/aromatic N) is 1. The van der Waals surface area contributed by atoms with Gasteiger partial charge >= 0.3 is 5.97 Å². The van der Waals surface area contributed by atoms with Gasteiger partial charge in [-0.1, -0.05) is 35.5 Å². The molecule has 0 aromatic heterocycles. The van der Waals surface area contributed by atoms with Gasteiger partial charge in [-0.2, -0.15) is 0 Å². The topological polar surface area (TPSA) is 162 Å². The quantitative estimate of drug-likeness (QED) is 0.0841. The minimum atomic E-state index is -0.976. The van der Waals surface area contributed by atoms with E-state index in [2.05, 4.69) is 42.3 Å². The fourth-order valence-corrected chi connectivity index (χ4v) is 6.54. The Morgan fingerprint density at radius 3 is 2.10 bits per heavy atom. The maximum atomic E-state index is 14.2. The smallest absolute Gasteiger partial charge is 0.340 e. The molecule has 262 valence electrons. The van der Waals surface area contributed by atoms with Crippen molar-refractivity contribution in [2.45, 2.75) is 26.0 Å². The Hall–Kier alpha value is -4.25. The number of methoxy groups -OCH3 is 2. The Morgan fingerprint density at radius 1 is 0.918 bits per heavy atom. The lowest BCUT2D eigenvalue weighted by Crippen LogP contribution is -2.39. The molecule has 0 radical (unpaired) electrons. The summed E-state index contributed by atoms with van der Waals surface area (Å²) in [7, 11) is 2.81. The molecule has 0 fully saturated rings. The molecular formula is C33H34Br2N2O12. The molecule has 0 aliphatic carbocycles. The van der Waals surface area contributed by atoms with E-state index in [-0.39, 0.29) is 92.5 Å². The average Bonchev–Trinajstić information content (AvgIpc) is 3.79. The minimum absolute atomic E-state index is 0.0202. The first-order chi connectivity index (χ1) is 23.9. The monoisotopic (exact) mass is 808 g/mol. The van der Waals surface area contributed by atoms with E-state index in [1.54, 1.807) is 6.92 Å². The van der Waals surface area contributed by atoms with E-state index in [4.69, 9.17) is 42.7 Å². The lowest BCUT2D eigenvalue weighted by molar-refractivity contribution is 0.0525. The largest absolute Gasteiger partial charge is 0.492 e.